The van der Waals surface area contributed by atoms with Crippen LogP contribution in [-0.4, -0.2) is 23.2 Å². The number of amides is 1. The number of halogens is 1. The van der Waals surface area contributed by atoms with E-state index < -0.39 is 0 Å². The van der Waals surface area contributed by atoms with E-state index in [1.54, 1.807) is 11.8 Å². The number of nitrogens with two attached hydrogens (primary N) is 1. The lowest BCUT2D eigenvalue weighted by Crippen LogP contribution is -2.43. The first-order chi connectivity index (χ1) is 9.65. The van der Waals surface area contributed by atoms with Crippen LogP contribution in [0.4, 0.5) is 0 Å². The van der Waals surface area contributed by atoms with Crippen molar-refractivity contribution in [3.63, 3.8) is 0 Å². The number of hydrogen-bond acceptors (Lipinski definition) is 3. The van der Waals surface area contributed by atoms with Crippen LogP contribution in [0, 0.1) is 0 Å². The Bertz CT molecular complexity index is 422. The fourth-order valence-electron chi connectivity index (χ4n) is 2.45. The summed E-state index contributed by atoms with van der Waals surface area (Å²) in [6.07, 6.45) is 4.08. The van der Waals surface area contributed by atoms with Gasteiger partial charge < -0.3 is 11.1 Å². The van der Waals surface area contributed by atoms with Crippen molar-refractivity contribution in [1.29, 1.82) is 0 Å². The smallest absolute Gasteiger partial charge is 0.233 e. The average Bonchev–Trinajstić information content (AvgIpc) is 2.48. The fourth-order valence-corrected chi connectivity index (χ4v) is 3.31. The monoisotopic (exact) mass is 328 g/mol. The van der Waals surface area contributed by atoms with Crippen LogP contribution in [0.3, 0.4) is 0 Å². The van der Waals surface area contributed by atoms with Crippen LogP contribution in [0.2, 0.25) is 0 Å². The van der Waals surface area contributed by atoms with E-state index in [-0.39, 0.29) is 23.6 Å². The highest BCUT2D eigenvalue weighted by atomic mass is 35.5. The second-order valence-electron chi connectivity index (χ2n) is 5.56. The molecule has 0 heterocycles. The van der Waals surface area contributed by atoms with Gasteiger partial charge in [0.25, 0.3) is 0 Å². The van der Waals surface area contributed by atoms with E-state index in [1.807, 2.05) is 25.1 Å². The van der Waals surface area contributed by atoms with Gasteiger partial charge in [-0.1, -0.05) is 30.3 Å². The molecule has 1 aromatic rings. The van der Waals surface area contributed by atoms with Gasteiger partial charge >= 0.3 is 0 Å². The summed E-state index contributed by atoms with van der Waals surface area (Å²) in [6, 6.07) is 10.9. The van der Waals surface area contributed by atoms with E-state index in [1.165, 1.54) is 5.56 Å². The van der Waals surface area contributed by atoms with Gasteiger partial charge in [0.2, 0.25) is 5.91 Å². The molecule has 0 spiro atoms. The molecular formula is C16H25ClN2OS. The zero-order valence-corrected chi connectivity index (χ0v) is 14.1. The molecule has 1 amide bonds. The highest BCUT2D eigenvalue weighted by molar-refractivity contribution is 7.99. The predicted octanol–water partition coefficient (Wildman–Crippen LogP) is 3.12. The van der Waals surface area contributed by atoms with Crippen molar-refractivity contribution in [1.82, 2.24) is 5.32 Å². The summed E-state index contributed by atoms with van der Waals surface area (Å²) >= 11 is 1.69. The Morgan fingerprint density at radius 3 is 2.52 bits per heavy atom. The molecule has 2 rings (SSSR count). The molecule has 0 aliphatic heterocycles. The van der Waals surface area contributed by atoms with E-state index in [0.717, 1.165) is 31.4 Å². The third-order valence-corrected chi connectivity index (χ3v) is 5.04. The lowest BCUT2D eigenvalue weighted by Gasteiger charge is -2.27. The van der Waals surface area contributed by atoms with Crippen molar-refractivity contribution in [3.05, 3.63) is 35.9 Å². The third-order valence-electron chi connectivity index (χ3n) is 3.83. The molecular weight excluding hydrogens is 304 g/mol. The quantitative estimate of drug-likeness (QED) is 0.873. The topological polar surface area (TPSA) is 55.1 Å². The molecule has 5 heteroatoms. The Hall–Kier alpha value is -0.710. The molecule has 3 nitrogen and oxygen atoms in total. The third kappa shape index (κ3) is 6.29. The number of hydrogen-bond donors (Lipinski definition) is 2. The first-order valence-corrected chi connectivity index (χ1v) is 8.41. The van der Waals surface area contributed by atoms with Gasteiger partial charge in [-0.3, -0.25) is 4.79 Å². The van der Waals surface area contributed by atoms with Crippen LogP contribution in [0.5, 0.6) is 0 Å². The molecule has 1 aromatic carbocycles. The van der Waals surface area contributed by atoms with Gasteiger partial charge in [-0.25, -0.2) is 0 Å². The van der Waals surface area contributed by atoms with Crippen molar-refractivity contribution in [2.45, 2.75) is 55.7 Å². The summed E-state index contributed by atoms with van der Waals surface area (Å²) in [7, 11) is 0. The molecule has 0 saturated heterocycles. The molecule has 0 aromatic heterocycles. The van der Waals surface area contributed by atoms with Gasteiger partial charge in [0, 0.05) is 17.8 Å². The van der Waals surface area contributed by atoms with Gasteiger partial charge in [0.1, 0.15) is 0 Å². The Labute approximate surface area is 137 Å². The van der Waals surface area contributed by atoms with Crippen LogP contribution in [0.1, 0.15) is 38.2 Å². The van der Waals surface area contributed by atoms with Crippen LogP contribution in [0.15, 0.2) is 30.3 Å². The number of carbonyl (C=O) groups excluding carboxylic acids is 1. The van der Waals surface area contributed by atoms with Crippen molar-refractivity contribution in [2.24, 2.45) is 5.73 Å². The van der Waals surface area contributed by atoms with Crippen LogP contribution < -0.4 is 11.1 Å². The van der Waals surface area contributed by atoms with E-state index in [4.69, 9.17) is 5.73 Å². The Kier molecular flexibility index (Phi) is 8.15. The molecule has 1 unspecified atom stereocenters. The standard InChI is InChI=1S/C16H24N2OS.ClH/c1-12(20-11-13-5-3-2-4-6-13)16(19)18-15-9-7-14(17)8-10-15;/h2-6,12,14-15H,7-11,17H2,1H3,(H,18,19);1H. The van der Waals surface area contributed by atoms with E-state index in [9.17, 15) is 4.79 Å². The number of nitrogens with one attached hydrogen (secondary N) is 1. The molecule has 1 atom stereocenters. The maximum absolute atomic E-state index is 12.2. The van der Waals surface area contributed by atoms with Gasteiger partial charge in [-0.2, -0.15) is 0 Å². The van der Waals surface area contributed by atoms with Crippen LogP contribution >= 0.6 is 24.2 Å². The summed E-state index contributed by atoms with van der Waals surface area (Å²) in [4.78, 5) is 12.2. The molecule has 3 N–H and O–H groups in total. The van der Waals surface area contributed by atoms with Crippen molar-refractivity contribution >= 4 is 30.1 Å². The van der Waals surface area contributed by atoms with Gasteiger partial charge in [-0.05, 0) is 38.2 Å². The predicted molar refractivity (Wildman–Crippen MR) is 92.8 cm³/mol. The lowest BCUT2D eigenvalue weighted by molar-refractivity contribution is -0.121. The highest BCUT2D eigenvalue weighted by Crippen LogP contribution is 2.20. The Balaban J connectivity index is 0.00000220. The summed E-state index contributed by atoms with van der Waals surface area (Å²) in [6.45, 7) is 1.98. The summed E-state index contributed by atoms with van der Waals surface area (Å²) < 4.78 is 0. The van der Waals surface area contributed by atoms with Crippen LogP contribution in [-0.2, 0) is 10.5 Å². The van der Waals surface area contributed by atoms with Crippen molar-refractivity contribution in [2.75, 3.05) is 0 Å². The minimum absolute atomic E-state index is 0. The first kappa shape index (κ1) is 18.3. The molecule has 1 aliphatic rings. The first-order valence-electron chi connectivity index (χ1n) is 7.36. The van der Waals surface area contributed by atoms with E-state index >= 15 is 0 Å². The van der Waals surface area contributed by atoms with Gasteiger partial charge in [0.05, 0.1) is 5.25 Å². The lowest BCUT2D eigenvalue weighted by atomic mass is 9.92. The second-order valence-corrected chi connectivity index (χ2v) is 6.89. The van der Waals surface area contributed by atoms with E-state index in [2.05, 4.69) is 17.4 Å². The number of rotatable bonds is 5. The summed E-state index contributed by atoms with van der Waals surface area (Å²) in [5.41, 5.74) is 7.15. The average molecular weight is 329 g/mol. The molecule has 1 saturated carbocycles. The minimum atomic E-state index is -0.00851. The molecule has 0 radical (unpaired) electrons. The molecule has 118 valence electrons. The van der Waals surface area contributed by atoms with Crippen LogP contribution in [0.25, 0.3) is 0 Å². The van der Waals surface area contributed by atoms with E-state index in [0.29, 0.717) is 12.1 Å². The van der Waals surface area contributed by atoms with Crippen molar-refractivity contribution < 1.29 is 4.79 Å². The normalized spacial score (nSPS) is 23.0. The maximum Gasteiger partial charge on any atom is 0.233 e. The molecule has 1 aliphatic carbocycles. The summed E-state index contributed by atoms with van der Waals surface area (Å²) in [5.74, 6) is 1.04. The largest absolute Gasteiger partial charge is 0.352 e. The maximum atomic E-state index is 12.2. The van der Waals surface area contributed by atoms with Crippen molar-refractivity contribution in [3.8, 4) is 0 Å². The number of thioether (sulfide) groups is 1. The van der Waals surface area contributed by atoms with Gasteiger partial charge in [-0.15, -0.1) is 24.2 Å². The molecule has 1 fully saturated rings. The van der Waals surface area contributed by atoms with Gasteiger partial charge in [0.15, 0.2) is 0 Å². The zero-order chi connectivity index (χ0) is 14.4. The fraction of sp³-hybridized carbons (Fsp3) is 0.562. The highest BCUT2D eigenvalue weighted by Gasteiger charge is 2.22. The Morgan fingerprint density at radius 2 is 1.90 bits per heavy atom. The Morgan fingerprint density at radius 1 is 1.29 bits per heavy atom. The minimum Gasteiger partial charge on any atom is -0.352 e. The SMILES string of the molecule is CC(SCc1ccccc1)C(=O)NC1CCC(N)CC1.Cl. The molecule has 0 bridgehead atoms. The molecule has 21 heavy (non-hydrogen) atoms. The number of benzene rings is 1. The second kappa shape index (κ2) is 9.34. The zero-order valence-electron chi connectivity index (χ0n) is 12.5. The summed E-state index contributed by atoms with van der Waals surface area (Å²) in [5, 5.41) is 3.15. The number of carbonyl (C=O) groups is 1.